The summed E-state index contributed by atoms with van der Waals surface area (Å²) in [4.78, 5) is 32.3. The zero-order valence-corrected chi connectivity index (χ0v) is 5.61. The van der Waals surface area contributed by atoms with E-state index in [9.17, 15) is 14.4 Å². The van der Waals surface area contributed by atoms with Gasteiger partial charge in [-0.05, 0) is 0 Å². The smallest absolute Gasteiger partial charge is 0.351 e. The summed E-state index contributed by atoms with van der Waals surface area (Å²) >= 11 is 0. The van der Waals surface area contributed by atoms with Crippen LogP contribution in [0.5, 0.6) is 0 Å². The Labute approximate surface area is 62.3 Å². The molecule has 1 saturated heterocycles. The molecule has 1 heterocycles. The van der Waals surface area contributed by atoms with Crippen molar-refractivity contribution in [1.29, 1.82) is 0 Å². The Balaban J connectivity index is 2.65. The number of urea groups is 2. The SMILES string of the molecule is NC(=O)N1CCC(=O)[N]C1=O. The molecule has 11 heavy (non-hydrogen) atoms. The molecule has 1 rings (SSSR count). The van der Waals surface area contributed by atoms with Gasteiger partial charge in [0.1, 0.15) is 0 Å². The summed E-state index contributed by atoms with van der Waals surface area (Å²) in [5, 5.41) is 3.03. The summed E-state index contributed by atoms with van der Waals surface area (Å²) in [6, 6.07) is -1.74. The molecule has 0 unspecified atom stereocenters. The fourth-order valence-electron chi connectivity index (χ4n) is 0.730. The van der Waals surface area contributed by atoms with Crippen molar-refractivity contribution in [2.75, 3.05) is 6.54 Å². The second-order valence-corrected chi connectivity index (χ2v) is 2.03. The Morgan fingerprint density at radius 2 is 2.18 bits per heavy atom. The Morgan fingerprint density at radius 1 is 1.55 bits per heavy atom. The van der Waals surface area contributed by atoms with Crippen LogP contribution in [0.25, 0.3) is 0 Å². The monoisotopic (exact) mass is 156 g/mol. The zero-order valence-electron chi connectivity index (χ0n) is 5.61. The van der Waals surface area contributed by atoms with E-state index in [4.69, 9.17) is 5.73 Å². The van der Waals surface area contributed by atoms with E-state index < -0.39 is 18.0 Å². The molecule has 5 amide bonds. The number of hydrogen-bond donors (Lipinski definition) is 1. The molecule has 1 aliphatic heterocycles. The normalized spacial score (nSPS) is 18.0. The summed E-state index contributed by atoms with van der Waals surface area (Å²) < 4.78 is 0. The Hall–Kier alpha value is -1.59. The zero-order chi connectivity index (χ0) is 8.43. The quantitative estimate of drug-likeness (QED) is 0.488. The summed E-state index contributed by atoms with van der Waals surface area (Å²) in [7, 11) is 0. The minimum absolute atomic E-state index is 0.0382. The van der Waals surface area contributed by atoms with Crippen LogP contribution in [0.1, 0.15) is 6.42 Å². The van der Waals surface area contributed by atoms with Gasteiger partial charge in [0.15, 0.2) is 0 Å². The van der Waals surface area contributed by atoms with E-state index in [1.165, 1.54) is 0 Å². The third-order valence-electron chi connectivity index (χ3n) is 1.27. The number of hydrogen-bond acceptors (Lipinski definition) is 3. The first-order valence-corrected chi connectivity index (χ1v) is 2.97. The Morgan fingerprint density at radius 3 is 2.64 bits per heavy atom. The topological polar surface area (TPSA) is 94.6 Å². The average molecular weight is 156 g/mol. The van der Waals surface area contributed by atoms with E-state index in [0.29, 0.717) is 0 Å². The number of carbonyl (C=O) groups excluding carboxylic acids is 3. The predicted molar refractivity (Wildman–Crippen MR) is 33.4 cm³/mol. The van der Waals surface area contributed by atoms with Gasteiger partial charge in [-0.1, -0.05) is 0 Å². The Bertz CT molecular complexity index is 225. The first-order chi connectivity index (χ1) is 5.11. The van der Waals surface area contributed by atoms with Crippen LogP contribution >= 0.6 is 0 Å². The van der Waals surface area contributed by atoms with Gasteiger partial charge in [0.25, 0.3) is 5.91 Å². The third-order valence-corrected chi connectivity index (χ3v) is 1.27. The largest absolute Gasteiger partial charge is 0.354 e. The molecule has 0 aromatic heterocycles. The molecule has 1 aliphatic rings. The molecule has 0 spiro atoms. The Kier molecular flexibility index (Phi) is 1.75. The van der Waals surface area contributed by atoms with Crippen molar-refractivity contribution in [3.8, 4) is 0 Å². The maximum Gasteiger partial charge on any atom is 0.354 e. The van der Waals surface area contributed by atoms with Crippen molar-refractivity contribution in [3.05, 3.63) is 0 Å². The number of primary amides is 1. The summed E-state index contributed by atoms with van der Waals surface area (Å²) in [6.07, 6.45) is 0.0642. The summed E-state index contributed by atoms with van der Waals surface area (Å²) in [6.45, 7) is 0.0382. The molecule has 6 nitrogen and oxygen atoms in total. The maximum atomic E-state index is 10.7. The van der Waals surface area contributed by atoms with Gasteiger partial charge in [-0.3, -0.25) is 4.79 Å². The van der Waals surface area contributed by atoms with Crippen LogP contribution in [0, 0.1) is 0 Å². The second kappa shape index (κ2) is 2.57. The molecule has 0 bridgehead atoms. The molecule has 0 aromatic rings. The van der Waals surface area contributed by atoms with Gasteiger partial charge in [0, 0.05) is 13.0 Å². The van der Waals surface area contributed by atoms with Crippen LogP contribution in [0.15, 0.2) is 0 Å². The van der Waals surface area contributed by atoms with Gasteiger partial charge in [0.2, 0.25) is 0 Å². The summed E-state index contributed by atoms with van der Waals surface area (Å²) in [5.74, 6) is -0.507. The number of nitrogens with zero attached hydrogens (tertiary/aromatic N) is 2. The van der Waals surface area contributed by atoms with Gasteiger partial charge in [-0.2, -0.15) is 5.32 Å². The molecule has 6 heteroatoms. The molecule has 0 saturated carbocycles. The van der Waals surface area contributed by atoms with E-state index >= 15 is 0 Å². The predicted octanol–water partition coefficient (Wildman–Crippen LogP) is -0.978. The van der Waals surface area contributed by atoms with E-state index in [1.807, 2.05) is 0 Å². The molecule has 1 fully saturated rings. The average Bonchev–Trinajstić information content (AvgIpc) is 1.85. The molecule has 0 aromatic carbocycles. The van der Waals surface area contributed by atoms with Crippen LogP contribution in [0.3, 0.4) is 0 Å². The second-order valence-electron chi connectivity index (χ2n) is 2.03. The van der Waals surface area contributed by atoms with Gasteiger partial charge < -0.3 is 5.73 Å². The van der Waals surface area contributed by atoms with Gasteiger partial charge in [0.05, 0.1) is 0 Å². The lowest BCUT2D eigenvalue weighted by Gasteiger charge is -2.20. The molecule has 59 valence electrons. The lowest BCUT2D eigenvalue weighted by Crippen LogP contribution is -2.50. The van der Waals surface area contributed by atoms with Gasteiger partial charge in [-0.15, -0.1) is 0 Å². The van der Waals surface area contributed by atoms with Crippen molar-refractivity contribution in [2.45, 2.75) is 6.42 Å². The lowest BCUT2D eigenvalue weighted by atomic mass is 10.3. The van der Waals surface area contributed by atoms with Crippen LogP contribution in [0.2, 0.25) is 0 Å². The summed E-state index contributed by atoms with van der Waals surface area (Å²) in [5.41, 5.74) is 4.80. The van der Waals surface area contributed by atoms with Crippen molar-refractivity contribution >= 4 is 18.0 Å². The number of carbonyl (C=O) groups is 3. The van der Waals surface area contributed by atoms with Crippen LogP contribution in [0.4, 0.5) is 9.59 Å². The fourth-order valence-corrected chi connectivity index (χ4v) is 0.730. The number of amides is 5. The van der Waals surface area contributed by atoms with Gasteiger partial charge >= 0.3 is 12.1 Å². The highest BCUT2D eigenvalue weighted by Crippen LogP contribution is 2.00. The molecular weight excluding hydrogens is 150 g/mol. The van der Waals surface area contributed by atoms with E-state index in [0.717, 1.165) is 4.90 Å². The molecular formula is C5H6N3O3. The standard InChI is InChI=1S/C5H6N3O3/c6-4(10)8-2-1-3(9)7-5(8)11/h1-2H2,(H2,6,10). The highest BCUT2D eigenvalue weighted by molar-refractivity contribution is 6.03. The van der Waals surface area contributed by atoms with Gasteiger partial charge in [-0.25, -0.2) is 14.5 Å². The first kappa shape index (κ1) is 7.52. The molecule has 0 atom stereocenters. The molecule has 2 N–H and O–H groups in total. The van der Waals surface area contributed by atoms with Crippen molar-refractivity contribution < 1.29 is 14.4 Å². The number of imide groups is 2. The highest BCUT2D eigenvalue weighted by atomic mass is 16.2. The minimum Gasteiger partial charge on any atom is -0.351 e. The van der Waals surface area contributed by atoms with E-state index in [2.05, 4.69) is 5.32 Å². The third kappa shape index (κ3) is 1.46. The molecule has 1 radical (unpaired) electrons. The van der Waals surface area contributed by atoms with Crippen molar-refractivity contribution in [3.63, 3.8) is 0 Å². The fraction of sp³-hybridized carbons (Fsp3) is 0.400. The van der Waals surface area contributed by atoms with E-state index in [1.54, 1.807) is 0 Å². The van der Waals surface area contributed by atoms with Crippen molar-refractivity contribution in [2.24, 2.45) is 5.73 Å². The molecule has 0 aliphatic carbocycles. The lowest BCUT2D eigenvalue weighted by molar-refractivity contribution is -0.121. The van der Waals surface area contributed by atoms with Crippen LogP contribution < -0.4 is 11.1 Å². The number of rotatable bonds is 0. The van der Waals surface area contributed by atoms with E-state index in [-0.39, 0.29) is 13.0 Å². The van der Waals surface area contributed by atoms with Crippen LogP contribution in [-0.2, 0) is 4.79 Å². The number of nitrogens with two attached hydrogens (primary N) is 1. The highest BCUT2D eigenvalue weighted by Gasteiger charge is 2.28. The first-order valence-electron chi connectivity index (χ1n) is 2.97. The van der Waals surface area contributed by atoms with Crippen molar-refractivity contribution in [1.82, 2.24) is 10.2 Å². The van der Waals surface area contributed by atoms with Crippen LogP contribution in [-0.4, -0.2) is 29.4 Å². The maximum absolute atomic E-state index is 10.7. The minimum atomic E-state index is -0.869.